The minimum Gasteiger partial charge on any atom is -0.464 e. The van der Waals surface area contributed by atoms with Crippen molar-refractivity contribution in [2.75, 3.05) is 19.7 Å². The summed E-state index contributed by atoms with van der Waals surface area (Å²) in [4.78, 5) is 29.8. The molecule has 2 heterocycles. The van der Waals surface area contributed by atoms with Gasteiger partial charge in [0.15, 0.2) is 0 Å². The number of aryl methyl sites for hydroxylation is 1. The lowest BCUT2D eigenvalue weighted by molar-refractivity contribution is -0.142. The van der Waals surface area contributed by atoms with E-state index in [0.29, 0.717) is 31.9 Å². The van der Waals surface area contributed by atoms with Gasteiger partial charge in [-0.2, -0.15) is 0 Å². The van der Waals surface area contributed by atoms with Gasteiger partial charge in [0.2, 0.25) is 11.8 Å². The Labute approximate surface area is 202 Å². The van der Waals surface area contributed by atoms with E-state index in [4.69, 9.17) is 9.15 Å². The van der Waals surface area contributed by atoms with Crippen LogP contribution in [0, 0.1) is 12.7 Å². The minimum absolute atomic E-state index is 0.00414. The first-order valence-corrected chi connectivity index (χ1v) is 12.4. The van der Waals surface area contributed by atoms with Crippen LogP contribution in [-0.2, 0) is 27.4 Å². The second-order valence-corrected chi connectivity index (χ2v) is 9.11. The van der Waals surface area contributed by atoms with Crippen molar-refractivity contribution in [1.29, 1.82) is 0 Å². The molecule has 0 saturated carbocycles. The highest BCUT2D eigenvalue weighted by molar-refractivity contribution is 5.85. The van der Waals surface area contributed by atoms with E-state index in [1.165, 1.54) is 12.1 Å². The molecule has 0 N–H and O–H groups in total. The second-order valence-electron chi connectivity index (χ2n) is 9.11. The van der Waals surface area contributed by atoms with E-state index in [2.05, 4.69) is 6.92 Å². The molecule has 1 aromatic carbocycles. The van der Waals surface area contributed by atoms with E-state index >= 15 is 0 Å². The Morgan fingerprint density at radius 2 is 1.79 bits per heavy atom. The van der Waals surface area contributed by atoms with Crippen molar-refractivity contribution in [1.82, 2.24) is 9.80 Å². The topological polar surface area (TPSA) is 63.0 Å². The Hall–Kier alpha value is -2.67. The molecular weight excluding hydrogens is 435 g/mol. The van der Waals surface area contributed by atoms with Crippen molar-refractivity contribution in [2.24, 2.45) is 0 Å². The highest BCUT2D eigenvalue weighted by Crippen LogP contribution is 2.17. The molecule has 1 atom stereocenters. The summed E-state index contributed by atoms with van der Waals surface area (Å²) >= 11 is 0. The summed E-state index contributed by atoms with van der Waals surface area (Å²) in [7, 11) is 0. The van der Waals surface area contributed by atoms with Gasteiger partial charge in [-0.3, -0.25) is 9.59 Å². The lowest BCUT2D eigenvalue weighted by Crippen LogP contribution is -2.45. The minimum atomic E-state index is -0.320. The number of benzene rings is 1. The molecule has 1 aromatic heterocycles. The van der Waals surface area contributed by atoms with Crippen LogP contribution in [0.3, 0.4) is 0 Å². The smallest absolute Gasteiger partial charge is 0.242 e. The van der Waals surface area contributed by atoms with Crippen molar-refractivity contribution >= 4 is 11.8 Å². The Morgan fingerprint density at radius 1 is 1.00 bits per heavy atom. The summed E-state index contributed by atoms with van der Waals surface area (Å²) < 4.78 is 24.8. The van der Waals surface area contributed by atoms with Crippen LogP contribution in [0.25, 0.3) is 0 Å². The highest BCUT2D eigenvalue weighted by Gasteiger charge is 2.26. The maximum atomic E-state index is 13.5. The molecule has 3 rings (SSSR count). The standard InChI is InChI=1S/C27H37FN2O4/c1-3-4-5-6-9-26(31)30(18-24-8-7-16-33-24)20-27(32)29(19-25-15-10-21(2)34-25)17-22-11-13-23(28)14-12-22/h10-15,24H,3-9,16-20H2,1-2H3. The van der Waals surface area contributed by atoms with E-state index in [1.807, 2.05) is 19.1 Å². The first-order chi connectivity index (χ1) is 16.4. The molecule has 0 spiro atoms. The van der Waals surface area contributed by atoms with Crippen LogP contribution in [0.2, 0.25) is 0 Å². The summed E-state index contributed by atoms with van der Waals surface area (Å²) in [5, 5.41) is 0. The van der Waals surface area contributed by atoms with Crippen LogP contribution in [-0.4, -0.2) is 47.4 Å². The molecular formula is C27H37FN2O4. The number of halogens is 1. The summed E-state index contributed by atoms with van der Waals surface area (Å²) in [6, 6.07) is 9.83. The molecule has 186 valence electrons. The van der Waals surface area contributed by atoms with Crippen LogP contribution in [0.5, 0.6) is 0 Å². The number of furan rings is 1. The van der Waals surface area contributed by atoms with Gasteiger partial charge in [-0.05, 0) is 56.0 Å². The van der Waals surface area contributed by atoms with E-state index in [0.717, 1.165) is 49.8 Å². The molecule has 1 fully saturated rings. The van der Waals surface area contributed by atoms with Crippen LogP contribution >= 0.6 is 0 Å². The summed E-state index contributed by atoms with van der Waals surface area (Å²) in [5.74, 6) is 0.949. The van der Waals surface area contributed by atoms with Gasteiger partial charge in [-0.25, -0.2) is 4.39 Å². The van der Waals surface area contributed by atoms with Gasteiger partial charge >= 0.3 is 0 Å². The number of amides is 2. The SMILES string of the molecule is CCCCCCC(=O)N(CC(=O)N(Cc1ccc(F)cc1)Cc1ccc(C)o1)CC1CCCO1. The zero-order valence-corrected chi connectivity index (χ0v) is 20.4. The fourth-order valence-electron chi connectivity index (χ4n) is 4.21. The number of unbranched alkanes of at least 4 members (excludes halogenated alkanes) is 3. The van der Waals surface area contributed by atoms with Gasteiger partial charge in [-0.15, -0.1) is 0 Å². The van der Waals surface area contributed by atoms with Gasteiger partial charge in [0.25, 0.3) is 0 Å². The van der Waals surface area contributed by atoms with E-state index < -0.39 is 0 Å². The fraction of sp³-hybridized carbons (Fsp3) is 0.556. The van der Waals surface area contributed by atoms with Gasteiger partial charge in [0, 0.05) is 26.1 Å². The Morgan fingerprint density at radius 3 is 2.44 bits per heavy atom. The van der Waals surface area contributed by atoms with Crippen LogP contribution in [0.4, 0.5) is 4.39 Å². The third-order valence-corrected chi connectivity index (χ3v) is 6.15. The maximum Gasteiger partial charge on any atom is 0.242 e. The first-order valence-electron chi connectivity index (χ1n) is 12.4. The molecule has 0 radical (unpaired) electrons. The predicted molar refractivity (Wildman–Crippen MR) is 128 cm³/mol. The zero-order valence-electron chi connectivity index (χ0n) is 20.4. The predicted octanol–water partition coefficient (Wildman–Crippen LogP) is 5.23. The van der Waals surface area contributed by atoms with Crippen molar-refractivity contribution < 1.29 is 23.1 Å². The molecule has 34 heavy (non-hydrogen) atoms. The number of carbonyl (C=O) groups excluding carboxylic acids is 2. The Bertz CT molecular complexity index is 906. The van der Waals surface area contributed by atoms with Gasteiger partial charge in [0.05, 0.1) is 19.2 Å². The lowest BCUT2D eigenvalue weighted by Gasteiger charge is -2.29. The summed E-state index contributed by atoms with van der Waals surface area (Å²) in [6.07, 6.45) is 6.35. The molecule has 2 amide bonds. The third kappa shape index (κ3) is 8.28. The number of rotatable bonds is 13. The van der Waals surface area contributed by atoms with Crippen molar-refractivity contribution in [3.05, 3.63) is 59.3 Å². The molecule has 0 bridgehead atoms. The molecule has 1 aliphatic heterocycles. The molecule has 6 nitrogen and oxygen atoms in total. The van der Waals surface area contributed by atoms with E-state index in [1.54, 1.807) is 21.9 Å². The van der Waals surface area contributed by atoms with Gasteiger partial charge < -0.3 is 19.0 Å². The molecule has 1 unspecified atom stereocenters. The van der Waals surface area contributed by atoms with Crippen LogP contribution in [0.15, 0.2) is 40.8 Å². The van der Waals surface area contributed by atoms with Gasteiger partial charge in [-0.1, -0.05) is 38.3 Å². The molecule has 1 aliphatic rings. The number of hydrogen-bond donors (Lipinski definition) is 0. The normalized spacial score (nSPS) is 15.4. The average Bonchev–Trinajstić information content (AvgIpc) is 3.48. The third-order valence-electron chi connectivity index (χ3n) is 6.15. The Kier molecular flexibility index (Phi) is 10.1. The van der Waals surface area contributed by atoms with Crippen molar-refractivity contribution in [3.63, 3.8) is 0 Å². The highest BCUT2D eigenvalue weighted by atomic mass is 19.1. The maximum absolute atomic E-state index is 13.5. The van der Waals surface area contributed by atoms with E-state index in [-0.39, 0.29) is 36.8 Å². The van der Waals surface area contributed by atoms with Crippen LogP contribution < -0.4 is 0 Å². The molecule has 0 aliphatic carbocycles. The second kappa shape index (κ2) is 13.3. The summed E-state index contributed by atoms with van der Waals surface area (Å²) in [6.45, 7) is 5.71. The molecule has 7 heteroatoms. The monoisotopic (exact) mass is 472 g/mol. The van der Waals surface area contributed by atoms with E-state index in [9.17, 15) is 14.0 Å². The average molecular weight is 473 g/mol. The van der Waals surface area contributed by atoms with Gasteiger partial charge in [0.1, 0.15) is 17.3 Å². The molecule has 1 saturated heterocycles. The van der Waals surface area contributed by atoms with Crippen molar-refractivity contribution in [3.8, 4) is 0 Å². The quantitative estimate of drug-likeness (QED) is 0.374. The zero-order chi connectivity index (χ0) is 24.3. The Balaban J connectivity index is 1.71. The molecule has 2 aromatic rings. The number of nitrogens with zero attached hydrogens (tertiary/aromatic N) is 2. The first kappa shape index (κ1) is 25.9. The van der Waals surface area contributed by atoms with Crippen LogP contribution in [0.1, 0.15) is 69.0 Å². The number of hydrogen-bond acceptors (Lipinski definition) is 4. The summed E-state index contributed by atoms with van der Waals surface area (Å²) in [5.41, 5.74) is 0.814. The van der Waals surface area contributed by atoms with Crippen molar-refractivity contribution in [2.45, 2.75) is 78.0 Å². The largest absolute Gasteiger partial charge is 0.464 e. The number of ether oxygens (including phenoxy) is 1. The lowest BCUT2D eigenvalue weighted by atomic mass is 10.1. The fourth-order valence-corrected chi connectivity index (χ4v) is 4.21. The number of carbonyl (C=O) groups is 2.